The number of rotatable bonds is 4. The van der Waals surface area contributed by atoms with Gasteiger partial charge in [0.25, 0.3) is 0 Å². The molecule has 0 aliphatic carbocycles. The van der Waals surface area contributed by atoms with Crippen molar-refractivity contribution >= 4 is 17.0 Å². The molecular formula is C15H16N2. The molecular weight excluding hydrogens is 208 g/mol. The molecule has 0 aliphatic rings. The summed E-state index contributed by atoms with van der Waals surface area (Å²) in [5.74, 6) is 0. The lowest BCUT2D eigenvalue weighted by atomic mass is 10.2. The Kier molecular flexibility index (Phi) is 3.46. The highest BCUT2D eigenvalue weighted by Gasteiger charge is 1.95. The summed E-state index contributed by atoms with van der Waals surface area (Å²) >= 11 is 0. The van der Waals surface area contributed by atoms with Gasteiger partial charge in [-0.2, -0.15) is 0 Å². The largest absolute Gasteiger partial charge is 0.394 e. The van der Waals surface area contributed by atoms with E-state index < -0.39 is 0 Å². The Morgan fingerprint density at radius 3 is 2.88 bits per heavy atom. The number of hydrogen-bond acceptors (Lipinski definition) is 1. The Balaban J connectivity index is 2.15. The van der Waals surface area contributed by atoms with Gasteiger partial charge in [-0.15, -0.1) is 0 Å². The minimum absolute atomic E-state index is 0.956. The number of benzene rings is 1. The number of aromatic amines is 1. The molecule has 2 nitrogen and oxygen atoms in total. The molecule has 0 saturated heterocycles. The number of hydrogen-bond donors (Lipinski definition) is 2. The first-order valence-electron chi connectivity index (χ1n) is 5.58. The van der Waals surface area contributed by atoms with E-state index in [0.717, 1.165) is 16.8 Å². The van der Waals surface area contributed by atoms with Gasteiger partial charge in [-0.1, -0.05) is 30.9 Å². The molecule has 0 spiro atoms. The summed E-state index contributed by atoms with van der Waals surface area (Å²) in [7, 11) is 1.87. The number of fused-ring (bicyclic) bond motifs is 1. The Hall–Kier alpha value is -2.22. The van der Waals surface area contributed by atoms with E-state index in [9.17, 15) is 0 Å². The maximum Gasteiger partial charge on any atom is 0.0458 e. The van der Waals surface area contributed by atoms with Crippen LogP contribution in [0.5, 0.6) is 0 Å². The second-order valence-electron chi connectivity index (χ2n) is 3.84. The highest BCUT2D eigenvalue weighted by molar-refractivity contribution is 5.82. The molecule has 0 saturated carbocycles. The van der Waals surface area contributed by atoms with E-state index in [2.05, 4.69) is 35.1 Å². The summed E-state index contributed by atoms with van der Waals surface area (Å²) in [5.41, 5.74) is 3.20. The second kappa shape index (κ2) is 5.21. The zero-order chi connectivity index (χ0) is 12.1. The van der Waals surface area contributed by atoms with Gasteiger partial charge < -0.3 is 10.3 Å². The van der Waals surface area contributed by atoms with Crippen molar-refractivity contribution in [3.05, 3.63) is 66.5 Å². The summed E-state index contributed by atoms with van der Waals surface area (Å²) in [6.45, 7) is 3.93. The average molecular weight is 224 g/mol. The van der Waals surface area contributed by atoms with Gasteiger partial charge in [-0.25, -0.2) is 0 Å². The van der Waals surface area contributed by atoms with Gasteiger partial charge in [0.05, 0.1) is 0 Å². The minimum atomic E-state index is 0.956. The first-order chi connectivity index (χ1) is 8.29. The smallest absolute Gasteiger partial charge is 0.0458 e. The van der Waals surface area contributed by atoms with Crippen LogP contribution in [-0.2, 0) is 0 Å². The van der Waals surface area contributed by atoms with Crippen molar-refractivity contribution in [1.82, 2.24) is 10.3 Å². The summed E-state index contributed by atoms with van der Waals surface area (Å²) in [5, 5.41) is 4.16. The highest BCUT2D eigenvalue weighted by atomic mass is 14.8. The molecule has 86 valence electrons. The monoisotopic (exact) mass is 224 g/mol. The third-order valence-corrected chi connectivity index (χ3v) is 2.49. The van der Waals surface area contributed by atoms with E-state index in [4.69, 9.17) is 0 Å². The van der Waals surface area contributed by atoms with Crippen molar-refractivity contribution in [3.8, 4) is 0 Å². The fraction of sp³-hybridized carbons (Fsp3) is 0.0667. The molecule has 1 heterocycles. The highest BCUT2D eigenvalue weighted by Crippen LogP contribution is 2.15. The first kappa shape index (κ1) is 11.3. The predicted octanol–water partition coefficient (Wildman–Crippen LogP) is 3.47. The third kappa shape index (κ3) is 2.88. The summed E-state index contributed by atoms with van der Waals surface area (Å²) in [6, 6.07) is 10.4. The Bertz CT molecular complexity index is 540. The van der Waals surface area contributed by atoms with Crippen molar-refractivity contribution in [2.45, 2.75) is 0 Å². The van der Waals surface area contributed by atoms with Crippen molar-refractivity contribution in [1.29, 1.82) is 0 Å². The average Bonchev–Trinajstić information content (AvgIpc) is 2.76. The fourth-order valence-electron chi connectivity index (χ4n) is 1.63. The number of aromatic nitrogens is 1. The molecule has 2 aromatic rings. The van der Waals surface area contributed by atoms with Gasteiger partial charge >= 0.3 is 0 Å². The SMILES string of the molecule is C=C(/C=C\NC)/C=C/c1cc2ccccc2[nH]1. The molecule has 17 heavy (non-hydrogen) atoms. The second-order valence-corrected chi connectivity index (χ2v) is 3.84. The Labute approximate surface area is 101 Å². The van der Waals surface area contributed by atoms with Gasteiger partial charge in [0, 0.05) is 18.3 Å². The normalized spacial score (nSPS) is 11.6. The van der Waals surface area contributed by atoms with Crippen LogP contribution >= 0.6 is 0 Å². The van der Waals surface area contributed by atoms with Crippen LogP contribution in [0.4, 0.5) is 0 Å². The van der Waals surface area contributed by atoms with Crippen LogP contribution in [0.25, 0.3) is 17.0 Å². The van der Waals surface area contributed by atoms with E-state index >= 15 is 0 Å². The zero-order valence-electron chi connectivity index (χ0n) is 9.90. The molecule has 0 fully saturated rings. The molecule has 0 bridgehead atoms. The van der Waals surface area contributed by atoms with E-state index in [1.807, 2.05) is 43.6 Å². The van der Waals surface area contributed by atoms with Gasteiger partial charge in [-0.3, -0.25) is 0 Å². The molecule has 0 radical (unpaired) electrons. The molecule has 2 N–H and O–H groups in total. The third-order valence-electron chi connectivity index (χ3n) is 2.49. The van der Waals surface area contributed by atoms with Crippen LogP contribution < -0.4 is 5.32 Å². The molecule has 2 rings (SSSR count). The predicted molar refractivity (Wildman–Crippen MR) is 74.7 cm³/mol. The van der Waals surface area contributed by atoms with Crippen LogP contribution in [0.15, 0.2) is 60.8 Å². The molecule has 0 amide bonds. The maximum atomic E-state index is 3.93. The van der Waals surface area contributed by atoms with Crippen LogP contribution in [0.3, 0.4) is 0 Å². The van der Waals surface area contributed by atoms with E-state index in [1.54, 1.807) is 0 Å². The molecule has 1 aromatic carbocycles. The van der Waals surface area contributed by atoms with E-state index in [-0.39, 0.29) is 0 Å². The summed E-state index contributed by atoms with van der Waals surface area (Å²) in [6.07, 6.45) is 7.80. The van der Waals surface area contributed by atoms with Crippen LogP contribution in [0.2, 0.25) is 0 Å². The lowest BCUT2D eigenvalue weighted by Crippen LogP contribution is -1.90. The maximum absolute atomic E-state index is 3.93. The standard InChI is InChI=1S/C15H16N2/c1-12(9-10-16-2)7-8-14-11-13-5-3-4-6-15(13)17-14/h3-11,16-17H,1H2,2H3/b8-7+,10-9-. The first-order valence-corrected chi connectivity index (χ1v) is 5.58. The lowest BCUT2D eigenvalue weighted by molar-refractivity contribution is 1.10. The number of H-pyrrole nitrogens is 1. The van der Waals surface area contributed by atoms with Crippen molar-refractivity contribution < 1.29 is 0 Å². The lowest BCUT2D eigenvalue weighted by Gasteiger charge is -1.90. The Morgan fingerprint density at radius 2 is 2.12 bits per heavy atom. The van der Waals surface area contributed by atoms with Crippen LogP contribution in [0, 0.1) is 0 Å². The number of para-hydroxylation sites is 1. The van der Waals surface area contributed by atoms with Gasteiger partial charge in [0.15, 0.2) is 0 Å². The molecule has 2 heteroatoms. The Morgan fingerprint density at radius 1 is 1.29 bits per heavy atom. The fourth-order valence-corrected chi connectivity index (χ4v) is 1.63. The molecule has 0 aliphatic heterocycles. The quantitative estimate of drug-likeness (QED) is 0.765. The van der Waals surface area contributed by atoms with Gasteiger partial charge in [-0.05, 0) is 41.4 Å². The summed E-state index contributed by atoms with van der Waals surface area (Å²) < 4.78 is 0. The summed E-state index contributed by atoms with van der Waals surface area (Å²) in [4.78, 5) is 3.34. The molecule has 0 atom stereocenters. The van der Waals surface area contributed by atoms with Gasteiger partial charge in [0.2, 0.25) is 0 Å². The molecule has 1 aromatic heterocycles. The van der Waals surface area contributed by atoms with Crippen molar-refractivity contribution in [2.24, 2.45) is 0 Å². The van der Waals surface area contributed by atoms with Crippen LogP contribution in [0.1, 0.15) is 5.69 Å². The van der Waals surface area contributed by atoms with E-state index in [0.29, 0.717) is 0 Å². The van der Waals surface area contributed by atoms with Gasteiger partial charge in [0.1, 0.15) is 0 Å². The van der Waals surface area contributed by atoms with Crippen molar-refractivity contribution in [2.75, 3.05) is 7.05 Å². The number of allylic oxidation sites excluding steroid dienone is 3. The minimum Gasteiger partial charge on any atom is -0.394 e. The molecule has 0 unspecified atom stereocenters. The number of nitrogens with one attached hydrogen (secondary N) is 2. The zero-order valence-corrected chi connectivity index (χ0v) is 9.90. The van der Waals surface area contributed by atoms with E-state index in [1.165, 1.54) is 5.39 Å². The van der Waals surface area contributed by atoms with Crippen LogP contribution in [-0.4, -0.2) is 12.0 Å². The topological polar surface area (TPSA) is 27.8 Å². The van der Waals surface area contributed by atoms with Crippen molar-refractivity contribution in [3.63, 3.8) is 0 Å².